The van der Waals surface area contributed by atoms with E-state index in [0.717, 1.165) is 28.5 Å². The molecule has 2 aromatic rings. The lowest BCUT2D eigenvalue weighted by molar-refractivity contribution is -0.108. The van der Waals surface area contributed by atoms with Crippen LogP contribution in [-0.4, -0.2) is 17.5 Å². The minimum absolute atomic E-state index is 0.433. The van der Waals surface area contributed by atoms with Crippen LogP contribution in [-0.2, 0) is 4.79 Å². The molecule has 1 aliphatic heterocycles. The van der Waals surface area contributed by atoms with Crippen molar-refractivity contribution in [2.45, 2.75) is 25.9 Å². The molecule has 1 N–H and O–H groups in total. The maximum atomic E-state index is 11.9. The molecule has 3 heteroatoms. The third kappa shape index (κ3) is 2.34. The molecule has 22 heavy (non-hydrogen) atoms. The van der Waals surface area contributed by atoms with Crippen molar-refractivity contribution in [1.29, 1.82) is 0 Å². The Bertz CT molecular complexity index is 730. The lowest BCUT2D eigenvalue weighted by Gasteiger charge is -2.30. The lowest BCUT2D eigenvalue weighted by Crippen LogP contribution is -2.23. The second kappa shape index (κ2) is 5.78. The molecule has 3 rings (SSSR count). The normalized spacial score (nSPS) is 18.4. The number of fused-ring (bicyclic) bond motifs is 1. The first kappa shape index (κ1) is 14.5. The van der Waals surface area contributed by atoms with Gasteiger partial charge in [0.05, 0.1) is 5.92 Å². The van der Waals surface area contributed by atoms with Crippen LogP contribution in [0.3, 0.4) is 0 Å². The molecule has 2 atom stereocenters. The van der Waals surface area contributed by atoms with E-state index in [9.17, 15) is 9.90 Å². The summed E-state index contributed by atoms with van der Waals surface area (Å²) >= 11 is 0. The summed E-state index contributed by atoms with van der Waals surface area (Å²) in [5.41, 5.74) is 3.52. The number of hydrogen-bond donors (Lipinski definition) is 1. The van der Waals surface area contributed by atoms with Crippen LogP contribution in [0, 0.1) is 6.92 Å². The Morgan fingerprint density at radius 2 is 1.86 bits per heavy atom. The van der Waals surface area contributed by atoms with Crippen molar-refractivity contribution in [1.82, 2.24) is 0 Å². The number of aldehydes is 1. The molecule has 0 spiro atoms. The van der Waals surface area contributed by atoms with Crippen molar-refractivity contribution in [3.63, 3.8) is 0 Å². The highest BCUT2D eigenvalue weighted by Gasteiger charge is 2.33. The van der Waals surface area contributed by atoms with Gasteiger partial charge in [0.2, 0.25) is 0 Å². The van der Waals surface area contributed by atoms with Crippen LogP contribution in [0.15, 0.2) is 54.3 Å². The monoisotopic (exact) mass is 294 g/mol. The fraction of sp³-hybridized carbons (Fsp3) is 0.211. The second-order valence-corrected chi connectivity index (χ2v) is 5.52. The molecule has 0 saturated heterocycles. The molecule has 112 valence electrons. The molecule has 0 radical (unpaired) electrons. The van der Waals surface area contributed by atoms with E-state index in [4.69, 9.17) is 4.74 Å². The Morgan fingerprint density at radius 3 is 2.50 bits per heavy atom. The maximum Gasteiger partial charge on any atom is 0.137 e. The van der Waals surface area contributed by atoms with Crippen molar-refractivity contribution in [2.24, 2.45) is 0 Å². The average Bonchev–Trinajstić information content (AvgIpc) is 2.54. The summed E-state index contributed by atoms with van der Waals surface area (Å²) in [5.74, 6) is 0.658. The minimum atomic E-state index is -0.786. The quantitative estimate of drug-likeness (QED) is 0.882. The first-order valence-corrected chi connectivity index (χ1v) is 7.33. The molecule has 0 fully saturated rings. The predicted molar refractivity (Wildman–Crippen MR) is 85.7 cm³/mol. The van der Waals surface area contributed by atoms with Crippen LogP contribution in [0.4, 0.5) is 0 Å². The van der Waals surface area contributed by atoms with Gasteiger partial charge in [0, 0.05) is 11.1 Å². The zero-order valence-electron chi connectivity index (χ0n) is 12.6. The zero-order valence-corrected chi connectivity index (χ0v) is 12.6. The Balaban J connectivity index is 2.26. The fourth-order valence-corrected chi connectivity index (χ4v) is 3.00. The van der Waals surface area contributed by atoms with Gasteiger partial charge >= 0.3 is 0 Å². The SMILES string of the molecule is Cc1cccc2c1C(C=O)C(c1ccccc1)=C(C(C)O)O2. The highest BCUT2D eigenvalue weighted by molar-refractivity contribution is 5.90. The molecule has 2 aromatic carbocycles. The summed E-state index contributed by atoms with van der Waals surface area (Å²) in [6.07, 6.45) is 0.144. The molecule has 3 nitrogen and oxygen atoms in total. The Morgan fingerprint density at radius 1 is 1.14 bits per heavy atom. The number of ether oxygens (including phenoxy) is 1. The average molecular weight is 294 g/mol. The van der Waals surface area contributed by atoms with Crippen molar-refractivity contribution in [3.05, 3.63) is 71.0 Å². The number of rotatable bonds is 3. The smallest absolute Gasteiger partial charge is 0.137 e. The largest absolute Gasteiger partial charge is 0.458 e. The van der Waals surface area contributed by atoms with Crippen LogP contribution >= 0.6 is 0 Å². The van der Waals surface area contributed by atoms with Gasteiger partial charge in [0.1, 0.15) is 23.9 Å². The number of carbonyl (C=O) groups is 1. The molecule has 0 aliphatic carbocycles. The van der Waals surface area contributed by atoms with Gasteiger partial charge in [-0.05, 0) is 31.0 Å². The van der Waals surface area contributed by atoms with Crippen molar-refractivity contribution >= 4 is 11.9 Å². The minimum Gasteiger partial charge on any atom is -0.458 e. The molecule has 1 heterocycles. The van der Waals surface area contributed by atoms with E-state index < -0.39 is 12.0 Å². The van der Waals surface area contributed by atoms with Crippen LogP contribution in [0.25, 0.3) is 5.57 Å². The Kier molecular flexibility index (Phi) is 3.82. The predicted octanol–water partition coefficient (Wildman–Crippen LogP) is 3.46. The van der Waals surface area contributed by atoms with Crippen LogP contribution < -0.4 is 4.74 Å². The van der Waals surface area contributed by atoms with Gasteiger partial charge in [0.25, 0.3) is 0 Å². The van der Waals surface area contributed by atoms with Crippen LogP contribution in [0.2, 0.25) is 0 Å². The topological polar surface area (TPSA) is 46.5 Å². The molecular formula is C19H18O3. The molecule has 0 saturated carbocycles. The van der Waals surface area contributed by atoms with Gasteiger partial charge in [-0.3, -0.25) is 0 Å². The van der Waals surface area contributed by atoms with Gasteiger partial charge in [-0.2, -0.15) is 0 Å². The lowest BCUT2D eigenvalue weighted by atomic mass is 9.82. The summed E-state index contributed by atoms with van der Waals surface area (Å²) in [6, 6.07) is 15.3. The second-order valence-electron chi connectivity index (χ2n) is 5.52. The first-order valence-electron chi connectivity index (χ1n) is 7.33. The van der Waals surface area contributed by atoms with E-state index >= 15 is 0 Å². The standard InChI is InChI=1S/C19H18O3/c1-12-7-6-10-16-17(12)15(11-20)18(19(22-16)13(2)21)14-8-4-3-5-9-14/h3-11,13,15,21H,1-2H3. The van der Waals surface area contributed by atoms with E-state index in [1.807, 2.05) is 55.5 Å². The summed E-state index contributed by atoms with van der Waals surface area (Å²) in [4.78, 5) is 11.9. The summed E-state index contributed by atoms with van der Waals surface area (Å²) in [6.45, 7) is 3.62. The molecule has 0 amide bonds. The molecule has 2 unspecified atom stereocenters. The third-order valence-electron chi connectivity index (χ3n) is 3.99. The number of carbonyl (C=O) groups excluding carboxylic acids is 1. The third-order valence-corrected chi connectivity index (χ3v) is 3.99. The number of benzene rings is 2. The van der Waals surface area contributed by atoms with Crippen LogP contribution in [0.1, 0.15) is 29.5 Å². The maximum absolute atomic E-state index is 11.9. The zero-order chi connectivity index (χ0) is 15.7. The summed E-state index contributed by atoms with van der Waals surface area (Å²) in [7, 11) is 0. The highest BCUT2D eigenvalue weighted by Crippen LogP contribution is 2.44. The van der Waals surface area contributed by atoms with Gasteiger partial charge in [-0.1, -0.05) is 42.5 Å². The van der Waals surface area contributed by atoms with Crippen molar-refractivity contribution < 1.29 is 14.6 Å². The number of aliphatic hydroxyl groups excluding tert-OH is 1. The summed E-state index contributed by atoms with van der Waals surface area (Å²) in [5, 5.41) is 10.1. The van der Waals surface area contributed by atoms with Gasteiger partial charge in [0.15, 0.2) is 0 Å². The highest BCUT2D eigenvalue weighted by atomic mass is 16.5. The van der Waals surface area contributed by atoms with E-state index in [1.165, 1.54) is 0 Å². The summed E-state index contributed by atoms with van der Waals surface area (Å²) < 4.78 is 5.94. The van der Waals surface area contributed by atoms with E-state index in [-0.39, 0.29) is 0 Å². The number of aliphatic hydroxyl groups is 1. The van der Waals surface area contributed by atoms with Crippen molar-refractivity contribution in [2.75, 3.05) is 0 Å². The number of aryl methyl sites for hydroxylation is 1. The van der Waals surface area contributed by atoms with Gasteiger partial charge in [-0.15, -0.1) is 0 Å². The Labute approximate surface area is 129 Å². The molecule has 0 aromatic heterocycles. The first-order chi connectivity index (χ1) is 10.6. The molecule has 0 bridgehead atoms. The number of hydrogen-bond acceptors (Lipinski definition) is 3. The van der Waals surface area contributed by atoms with E-state index in [1.54, 1.807) is 6.92 Å². The molecule has 1 aliphatic rings. The van der Waals surface area contributed by atoms with Crippen molar-refractivity contribution in [3.8, 4) is 5.75 Å². The number of allylic oxidation sites excluding steroid dienone is 1. The van der Waals surface area contributed by atoms with E-state index in [0.29, 0.717) is 11.5 Å². The Hall–Kier alpha value is -2.39. The molecular weight excluding hydrogens is 276 g/mol. The van der Waals surface area contributed by atoms with Gasteiger partial charge < -0.3 is 14.6 Å². The van der Waals surface area contributed by atoms with Gasteiger partial charge in [-0.25, -0.2) is 0 Å². The van der Waals surface area contributed by atoms with E-state index in [2.05, 4.69) is 0 Å². The van der Waals surface area contributed by atoms with Crippen LogP contribution in [0.5, 0.6) is 5.75 Å². The fourth-order valence-electron chi connectivity index (χ4n) is 3.00.